The Bertz CT molecular complexity index is 464. The quantitative estimate of drug-likeness (QED) is 0.857. The van der Waals surface area contributed by atoms with Gasteiger partial charge in [0.05, 0.1) is 12.0 Å². The Hall–Kier alpha value is -0.490. The lowest BCUT2D eigenvalue weighted by atomic mass is 10.2. The minimum atomic E-state index is 0.296. The number of benzene rings is 1. The summed E-state index contributed by atoms with van der Waals surface area (Å²) in [6, 6.07) is 5.53. The molecule has 1 N–H and O–H groups in total. The van der Waals surface area contributed by atoms with E-state index in [1.54, 1.807) is 17.4 Å². The standard InChI is InChI=1S/C10H9IO2S/c1-2-13-9-8-6(12)4-3-5-7(8)14-10(9)11/h3-5,12H,2H2,1H3. The molecule has 0 amide bonds. The number of ether oxygens (including phenoxy) is 1. The van der Waals surface area contributed by atoms with Gasteiger partial charge in [-0.15, -0.1) is 11.3 Å². The van der Waals surface area contributed by atoms with Crippen molar-refractivity contribution < 1.29 is 9.84 Å². The van der Waals surface area contributed by atoms with E-state index < -0.39 is 0 Å². The van der Waals surface area contributed by atoms with Crippen LogP contribution in [0.1, 0.15) is 6.92 Å². The van der Waals surface area contributed by atoms with E-state index in [-0.39, 0.29) is 0 Å². The second kappa shape index (κ2) is 3.94. The minimum Gasteiger partial charge on any atom is -0.507 e. The second-order valence-corrected chi connectivity index (χ2v) is 5.65. The van der Waals surface area contributed by atoms with Gasteiger partial charge in [-0.3, -0.25) is 0 Å². The molecular formula is C10H9IO2S. The van der Waals surface area contributed by atoms with Gasteiger partial charge in [-0.25, -0.2) is 0 Å². The molecule has 0 bridgehead atoms. The van der Waals surface area contributed by atoms with Crippen molar-refractivity contribution in [2.45, 2.75) is 6.92 Å². The van der Waals surface area contributed by atoms with Crippen molar-refractivity contribution in [3.8, 4) is 11.5 Å². The van der Waals surface area contributed by atoms with E-state index >= 15 is 0 Å². The number of hydrogen-bond acceptors (Lipinski definition) is 3. The van der Waals surface area contributed by atoms with E-state index in [1.165, 1.54) is 0 Å². The zero-order valence-electron chi connectivity index (χ0n) is 7.58. The fraction of sp³-hybridized carbons (Fsp3) is 0.200. The molecule has 4 heteroatoms. The number of aromatic hydroxyl groups is 1. The van der Waals surface area contributed by atoms with Crippen LogP contribution in [0.4, 0.5) is 0 Å². The van der Waals surface area contributed by atoms with Crippen molar-refractivity contribution in [2.24, 2.45) is 0 Å². The molecule has 2 aromatic rings. The Balaban J connectivity index is 2.73. The molecule has 2 nitrogen and oxygen atoms in total. The average Bonchev–Trinajstić information content (AvgIpc) is 2.45. The third kappa shape index (κ3) is 1.56. The third-order valence-electron chi connectivity index (χ3n) is 1.90. The molecule has 74 valence electrons. The van der Waals surface area contributed by atoms with Crippen LogP contribution in [0, 0.1) is 2.88 Å². The first-order valence-electron chi connectivity index (χ1n) is 4.26. The normalized spacial score (nSPS) is 10.7. The molecule has 0 saturated heterocycles. The molecule has 1 aromatic carbocycles. The summed E-state index contributed by atoms with van der Waals surface area (Å²) in [5, 5.41) is 10.6. The molecule has 2 rings (SSSR count). The van der Waals surface area contributed by atoms with Crippen LogP contribution in [0.15, 0.2) is 18.2 Å². The summed E-state index contributed by atoms with van der Waals surface area (Å²) in [5.74, 6) is 1.11. The van der Waals surface area contributed by atoms with Gasteiger partial charge in [0, 0.05) is 4.70 Å². The molecule has 14 heavy (non-hydrogen) atoms. The molecule has 0 fully saturated rings. The van der Waals surface area contributed by atoms with Crippen LogP contribution in [0.3, 0.4) is 0 Å². The maximum atomic E-state index is 9.72. The van der Waals surface area contributed by atoms with Gasteiger partial charge in [-0.1, -0.05) is 6.07 Å². The topological polar surface area (TPSA) is 29.5 Å². The van der Waals surface area contributed by atoms with Crippen molar-refractivity contribution in [3.63, 3.8) is 0 Å². The lowest BCUT2D eigenvalue weighted by Gasteiger charge is -2.02. The fourth-order valence-corrected chi connectivity index (χ4v) is 3.38. The third-order valence-corrected chi connectivity index (χ3v) is 3.97. The maximum absolute atomic E-state index is 9.72. The van der Waals surface area contributed by atoms with Gasteiger partial charge in [0.1, 0.15) is 8.63 Å². The summed E-state index contributed by atoms with van der Waals surface area (Å²) >= 11 is 3.87. The Morgan fingerprint density at radius 3 is 3.00 bits per heavy atom. The largest absolute Gasteiger partial charge is 0.507 e. The Kier molecular flexibility index (Phi) is 2.83. The van der Waals surface area contributed by atoms with Crippen molar-refractivity contribution in [1.82, 2.24) is 0 Å². The van der Waals surface area contributed by atoms with Crippen molar-refractivity contribution in [2.75, 3.05) is 6.61 Å². The zero-order chi connectivity index (χ0) is 10.1. The molecule has 0 aliphatic carbocycles. The molecule has 0 unspecified atom stereocenters. The second-order valence-electron chi connectivity index (χ2n) is 2.79. The molecule has 0 atom stereocenters. The molecule has 0 aliphatic rings. The molecule has 0 radical (unpaired) electrons. The van der Waals surface area contributed by atoms with Gasteiger partial charge in [0.15, 0.2) is 5.75 Å². The van der Waals surface area contributed by atoms with Crippen LogP contribution < -0.4 is 4.74 Å². The molecular weight excluding hydrogens is 311 g/mol. The highest BCUT2D eigenvalue weighted by Gasteiger charge is 2.13. The van der Waals surface area contributed by atoms with E-state index in [9.17, 15) is 5.11 Å². The lowest BCUT2D eigenvalue weighted by molar-refractivity contribution is 0.342. The number of thiophene rings is 1. The maximum Gasteiger partial charge on any atom is 0.155 e. The number of phenols is 1. The predicted molar refractivity (Wildman–Crippen MR) is 67.4 cm³/mol. The Morgan fingerprint density at radius 2 is 2.29 bits per heavy atom. The first-order chi connectivity index (χ1) is 6.74. The molecule has 0 aliphatic heterocycles. The van der Waals surface area contributed by atoms with Gasteiger partial charge in [-0.2, -0.15) is 0 Å². The van der Waals surface area contributed by atoms with E-state index in [0.29, 0.717) is 12.4 Å². The number of rotatable bonds is 2. The Morgan fingerprint density at radius 1 is 1.50 bits per heavy atom. The molecule has 0 saturated carbocycles. The minimum absolute atomic E-state index is 0.296. The van der Waals surface area contributed by atoms with E-state index in [2.05, 4.69) is 22.6 Å². The fourth-order valence-electron chi connectivity index (χ4n) is 1.35. The first kappa shape index (κ1) is 10.0. The highest BCUT2D eigenvalue weighted by atomic mass is 127. The van der Waals surface area contributed by atoms with Gasteiger partial charge < -0.3 is 9.84 Å². The molecule has 1 heterocycles. The Labute approximate surface area is 99.7 Å². The summed E-state index contributed by atoms with van der Waals surface area (Å²) in [6.07, 6.45) is 0. The first-order valence-corrected chi connectivity index (χ1v) is 6.16. The smallest absolute Gasteiger partial charge is 0.155 e. The van der Waals surface area contributed by atoms with Gasteiger partial charge in [-0.05, 0) is 41.6 Å². The molecule has 1 aromatic heterocycles. The van der Waals surface area contributed by atoms with Crippen LogP contribution in [-0.4, -0.2) is 11.7 Å². The lowest BCUT2D eigenvalue weighted by Crippen LogP contribution is -1.91. The van der Waals surface area contributed by atoms with E-state index in [4.69, 9.17) is 4.74 Å². The van der Waals surface area contributed by atoms with Crippen LogP contribution in [0.25, 0.3) is 10.1 Å². The summed E-state index contributed by atoms with van der Waals surface area (Å²) in [5.41, 5.74) is 0. The summed E-state index contributed by atoms with van der Waals surface area (Å²) in [6.45, 7) is 2.57. The van der Waals surface area contributed by atoms with Gasteiger partial charge in [0.25, 0.3) is 0 Å². The highest BCUT2D eigenvalue weighted by molar-refractivity contribution is 14.1. The SMILES string of the molecule is CCOc1c(I)sc2cccc(O)c12. The van der Waals surface area contributed by atoms with E-state index in [0.717, 1.165) is 18.7 Å². The summed E-state index contributed by atoms with van der Waals surface area (Å²) in [4.78, 5) is 0. The number of hydrogen-bond donors (Lipinski definition) is 1. The van der Waals surface area contributed by atoms with Crippen molar-refractivity contribution in [1.29, 1.82) is 0 Å². The number of phenolic OH excluding ortho intramolecular Hbond substituents is 1. The average molecular weight is 320 g/mol. The van der Waals surface area contributed by atoms with Crippen LogP contribution in [0.2, 0.25) is 0 Å². The van der Waals surface area contributed by atoms with E-state index in [1.807, 2.05) is 19.1 Å². The van der Waals surface area contributed by atoms with Gasteiger partial charge in [0.2, 0.25) is 0 Å². The molecule has 0 spiro atoms. The van der Waals surface area contributed by atoms with Gasteiger partial charge >= 0.3 is 0 Å². The van der Waals surface area contributed by atoms with Crippen molar-refractivity contribution >= 4 is 44.0 Å². The van der Waals surface area contributed by atoms with Crippen LogP contribution >= 0.6 is 33.9 Å². The van der Waals surface area contributed by atoms with Crippen LogP contribution in [-0.2, 0) is 0 Å². The van der Waals surface area contributed by atoms with Crippen molar-refractivity contribution in [3.05, 3.63) is 21.1 Å². The highest BCUT2D eigenvalue weighted by Crippen LogP contribution is 2.42. The predicted octanol–water partition coefficient (Wildman–Crippen LogP) is 3.61. The zero-order valence-corrected chi connectivity index (χ0v) is 10.6. The van der Waals surface area contributed by atoms with Crippen LogP contribution in [0.5, 0.6) is 11.5 Å². The number of halogens is 1. The summed E-state index contributed by atoms with van der Waals surface area (Å²) in [7, 11) is 0. The monoisotopic (exact) mass is 320 g/mol. The summed E-state index contributed by atoms with van der Waals surface area (Å²) < 4.78 is 7.67. The number of fused-ring (bicyclic) bond motifs is 1.